The summed E-state index contributed by atoms with van der Waals surface area (Å²) >= 11 is 0. The number of nitrogens with zero attached hydrogens (tertiary/aromatic N) is 1. The maximum absolute atomic E-state index is 12.6. The Morgan fingerprint density at radius 3 is 2.44 bits per heavy atom. The van der Waals surface area contributed by atoms with Gasteiger partial charge in [0.1, 0.15) is 0 Å². The Kier molecular flexibility index (Phi) is 3.90. The molecule has 0 spiro atoms. The molecule has 4 rings (SSSR count). The lowest BCUT2D eigenvalue weighted by molar-refractivity contribution is 0.0951. The lowest BCUT2D eigenvalue weighted by Gasteiger charge is -2.09. The monoisotopic (exact) mass is 331 g/mol. The molecule has 0 bridgehead atoms. The van der Waals surface area contributed by atoms with Crippen molar-refractivity contribution in [3.63, 3.8) is 0 Å². The molecule has 3 aromatic rings. The summed E-state index contributed by atoms with van der Waals surface area (Å²) in [5.41, 5.74) is 2.32. The van der Waals surface area contributed by atoms with E-state index in [2.05, 4.69) is 15.6 Å². The van der Waals surface area contributed by atoms with Crippen LogP contribution in [0.1, 0.15) is 33.6 Å². The highest BCUT2D eigenvalue weighted by Crippen LogP contribution is 2.22. The molecule has 124 valence electrons. The molecule has 1 heterocycles. The highest BCUT2D eigenvalue weighted by Gasteiger charge is 2.24. The van der Waals surface area contributed by atoms with E-state index in [9.17, 15) is 9.59 Å². The van der Waals surface area contributed by atoms with Gasteiger partial charge in [0.05, 0.1) is 11.2 Å². The number of benzene rings is 2. The maximum atomic E-state index is 12.6. The number of hydrogen-bond acceptors (Lipinski definition) is 3. The number of pyridine rings is 1. The second-order valence-electron chi connectivity index (χ2n) is 6.16. The van der Waals surface area contributed by atoms with E-state index in [0.717, 1.165) is 23.7 Å². The molecule has 5 nitrogen and oxygen atoms in total. The minimum atomic E-state index is -0.265. The molecule has 0 saturated heterocycles. The topological polar surface area (TPSA) is 71.1 Å². The second-order valence-corrected chi connectivity index (χ2v) is 6.16. The molecule has 1 saturated carbocycles. The van der Waals surface area contributed by atoms with Gasteiger partial charge >= 0.3 is 0 Å². The summed E-state index contributed by atoms with van der Waals surface area (Å²) in [6, 6.07) is 16.5. The average Bonchev–Trinajstić information content (AvgIpc) is 3.46. The zero-order valence-electron chi connectivity index (χ0n) is 13.5. The van der Waals surface area contributed by atoms with E-state index in [1.807, 2.05) is 30.3 Å². The third-order valence-corrected chi connectivity index (χ3v) is 4.18. The van der Waals surface area contributed by atoms with Crippen LogP contribution in [-0.2, 0) is 0 Å². The first-order valence-corrected chi connectivity index (χ1v) is 8.27. The maximum Gasteiger partial charge on any atom is 0.255 e. The van der Waals surface area contributed by atoms with E-state index in [1.54, 1.807) is 30.5 Å². The number of nitrogens with one attached hydrogen (secondary N) is 2. The van der Waals surface area contributed by atoms with E-state index in [-0.39, 0.29) is 17.9 Å². The van der Waals surface area contributed by atoms with Crippen LogP contribution in [0.15, 0.2) is 60.8 Å². The standard InChI is InChI=1S/C20H17N3O2/c24-19(22-16-9-10-16)14-5-1-6-15(12-14)20(25)23-17-8-2-4-13-7-3-11-21-18(13)17/h1-8,11-12,16H,9-10H2,(H,22,24)(H,23,25). The molecule has 1 aliphatic carbocycles. The summed E-state index contributed by atoms with van der Waals surface area (Å²) in [5, 5.41) is 6.77. The second kappa shape index (κ2) is 6.36. The highest BCUT2D eigenvalue weighted by molar-refractivity contribution is 6.09. The number of carbonyl (C=O) groups is 2. The van der Waals surface area contributed by atoms with Crippen molar-refractivity contribution < 1.29 is 9.59 Å². The van der Waals surface area contributed by atoms with Gasteiger partial charge in [-0.1, -0.05) is 24.3 Å². The largest absolute Gasteiger partial charge is 0.349 e. The van der Waals surface area contributed by atoms with Gasteiger partial charge in [-0.15, -0.1) is 0 Å². The highest BCUT2D eigenvalue weighted by atomic mass is 16.2. The van der Waals surface area contributed by atoms with E-state index in [1.165, 1.54) is 0 Å². The Morgan fingerprint density at radius 2 is 1.64 bits per heavy atom. The first kappa shape index (κ1) is 15.3. The van der Waals surface area contributed by atoms with Crippen molar-refractivity contribution in [3.05, 3.63) is 71.9 Å². The summed E-state index contributed by atoms with van der Waals surface area (Å²) in [7, 11) is 0. The Labute approximate surface area is 145 Å². The molecular formula is C20H17N3O2. The molecule has 25 heavy (non-hydrogen) atoms. The summed E-state index contributed by atoms with van der Waals surface area (Å²) in [5.74, 6) is -0.400. The number of fused-ring (bicyclic) bond motifs is 1. The first-order chi connectivity index (χ1) is 12.2. The zero-order valence-corrected chi connectivity index (χ0v) is 13.5. The van der Waals surface area contributed by atoms with Crippen molar-refractivity contribution in [2.24, 2.45) is 0 Å². The van der Waals surface area contributed by atoms with Crippen molar-refractivity contribution in [1.82, 2.24) is 10.3 Å². The zero-order chi connectivity index (χ0) is 17.2. The Morgan fingerprint density at radius 1 is 0.920 bits per heavy atom. The Bertz CT molecular complexity index is 959. The summed E-state index contributed by atoms with van der Waals surface area (Å²) in [6.45, 7) is 0. The number of aromatic nitrogens is 1. The lowest BCUT2D eigenvalue weighted by Crippen LogP contribution is -2.25. The summed E-state index contributed by atoms with van der Waals surface area (Å²) < 4.78 is 0. The number of anilines is 1. The van der Waals surface area contributed by atoms with Gasteiger partial charge in [0.2, 0.25) is 0 Å². The van der Waals surface area contributed by atoms with Crippen LogP contribution in [0, 0.1) is 0 Å². The fourth-order valence-corrected chi connectivity index (χ4v) is 2.70. The molecule has 0 unspecified atom stereocenters. The molecule has 1 fully saturated rings. The van der Waals surface area contributed by atoms with Gasteiger partial charge in [-0.3, -0.25) is 14.6 Å². The third kappa shape index (κ3) is 3.35. The van der Waals surface area contributed by atoms with Crippen LogP contribution in [0.25, 0.3) is 10.9 Å². The Hall–Kier alpha value is -3.21. The van der Waals surface area contributed by atoms with Gasteiger partial charge in [0.15, 0.2) is 0 Å². The molecule has 1 aromatic heterocycles. The van der Waals surface area contributed by atoms with E-state index < -0.39 is 0 Å². The third-order valence-electron chi connectivity index (χ3n) is 4.18. The van der Waals surface area contributed by atoms with Crippen molar-refractivity contribution in [1.29, 1.82) is 0 Å². The SMILES string of the molecule is O=C(Nc1cccc2cccnc12)c1cccc(C(=O)NC2CC2)c1. The number of hydrogen-bond donors (Lipinski definition) is 2. The van der Waals surface area contributed by atoms with Crippen LogP contribution in [-0.4, -0.2) is 22.8 Å². The minimum Gasteiger partial charge on any atom is -0.349 e. The van der Waals surface area contributed by atoms with Crippen LogP contribution in [0.4, 0.5) is 5.69 Å². The first-order valence-electron chi connectivity index (χ1n) is 8.27. The van der Waals surface area contributed by atoms with Crippen LogP contribution in [0.2, 0.25) is 0 Å². The molecule has 2 aromatic carbocycles. The van der Waals surface area contributed by atoms with Crippen LogP contribution in [0.3, 0.4) is 0 Å². The lowest BCUT2D eigenvalue weighted by atomic mass is 10.1. The van der Waals surface area contributed by atoms with E-state index >= 15 is 0 Å². The Balaban J connectivity index is 1.57. The summed E-state index contributed by atoms with van der Waals surface area (Å²) in [6.07, 6.45) is 3.75. The molecule has 2 amide bonds. The molecule has 1 aliphatic rings. The van der Waals surface area contributed by atoms with Gasteiger partial charge in [-0.05, 0) is 43.2 Å². The normalized spacial score (nSPS) is 13.4. The van der Waals surface area contributed by atoms with Crippen molar-refractivity contribution >= 4 is 28.4 Å². The molecule has 5 heteroatoms. The number of carbonyl (C=O) groups excluding carboxylic acids is 2. The number of para-hydroxylation sites is 1. The van der Waals surface area contributed by atoms with Crippen LogP contribution in [0.5, 0.6) is 0 Å². The van der Waals surface area contributed by atoms with Crippen molar-refractivity contribution in [2.45, 2.75) is 18.9 Å². The average molecular weight is 331 g/mol. The molecule has 0 aliphatic heterocycles. The quantitative estimate of drug-likeness (QED) is 0.770. The predicted octanol–water partition coefficient (Wildman–Crippen LogP) is 3.38. The molecule has 0 atom stereocenters. The fourth-order valence-electron chi connectivity index (χ4n) is 2.70. The van der Waals surface area contributed by atoms with Gasteiger partial charge in [0, 0.05) is 28.8 Å². The van der Waals surface area contributed by atoms with Crippen molar-refractivity contribution in [2.75, 3.05) is 5.32 Å². The number of rotatable bonds is 4. The van der Waals surface area contributed by atoms with Crippen LogP contribution < -0.4 is 10.6 Å². The smallest absolute Gasteiger partial charge is 0.255 e. The van der Waals surface area contributed by atoms with E-state index in [4.69, 9.17) is 0 Å². The molecule has 2 N–H and O–H groups in total. The minimum absolute atomic E-state index is 0.135. The summed E-state index contributed by atoms with van der Waals surface area (Å²) in [4.78, 5) is 29.1. The molecule has 0 radical (unpaired) electrons. The van der Waals surface area contributed by atoms with Gasteiger partial charge in [-0.2, -0.15) is 0 Å². The molecular weight excluding hydrogens is 314 g/mol. The van der Waals surface area contributed by atoms with Crippen molar-refractivity contribution in [3.8, 4) is 0 Å². The fraction of sp³-hybridized carbons (Fsp3) is 0.150. The van der Waals surface area contributed by atoms with E-state index in [0.29, 0.717) is 16.8 Å². The number of amides is 2. The van der Waals surface area contributed by atoms with Gasteiger partial charge in [-0.25, -0.2) is 0 Å². The van der Waals surface area contributed by atoms with Crippen LogP contribution >= 0.6 is 0 Å². The van der Waals surface area contributed by atoms with Gasteiger partial charge in [0.25, 0.3) is 11.8 Å². The predicted molar refractivity (Wildman–Crippen MR) is 96.6 cm³/mol. The van der Waals surface area contributed by atoms with Gasteiger partial charge < -0.3 is 10.6 Å².